The third-order valence-corrected chi connectivity index (χ3v) is 3.46. The van der Waals surface area contributed by atoms with Crippen molar-refractivity contribution in [1.82, 2.24) is 10.6 Å². The maximum Gasteiger partial charge on any atom is 0.239 e. The number of hydrogen-bond donors (Lipinski definition) is 3. The maximum atomic E-state index is 11.7. The number of rotatable bonds is 10. The minimum absolute atomic E-state index is 0.0105. The minimum atomic E-state index is -0.626. The second-order valence-electron chi connectivity index (χ2n) is 5.73. The predicted octanol–water partition coefficient (Wildman–Crippen LogP) is 0.298. The number of carbonyl (C=O) groups is 2. The lowest BCUT2D eigenvalue weighted by Crippen LogP contribution is -2.47. The van der Waals surface area contributed by atoms with Crippen LogP contribution in [0.4, 0.5) is 0 Å². The number of ether oxygens (including phenoxy) is 3. The fourth-order valence-corrected chi connectivity index (χ4v) is 1.87. The van der Waals surface area contributed by atoms with E-state index in [1.807, 2.05) is 13.8 Å². The molecule has 0 aromatic heterocycles. The molecule has 8 heteroatoms. The molecule has 140 valence electrons. The lowest BCUT2D eigenvalue weighted by atomic mass is 10.1. The van der Waals surface area contributed by atoms with Crippen LogP contribution in [0.25, 0.3) is 0 Å². The fraction of sp³-hybridized carbons (Fsp3) is 0.529. The summed E-state index contributed by atoms with van der Waals surface area (Å²) in [4.78, 5) is 23.4. The Morgan fingerprint density at radius 2 is 1.60 bits per heavy atom. The van der Waals surface area contributed by atoms with E-state index in [0.29, 0.717) is 23.8 Å². The Bertz CT molecular complexity index is 555. The molecular weight excluding hydrogens is 326 g/mol. The third kappa shape index (κ3) is 7.30. The molecule has 0 unspecified atom stereocenters. The first-order chi connectivity index (χ1) is 11.9. The molecular formula is C17H27N3O5. The van der Waals surface area contributed by atoms with Crippen molar-refractivity contribution in [2.45, 2.75) is 19.9 Å². The molecule has 1 aromatic carbocycles. The number of nitrogens with one attached hydrogen (secondary N) is 2. The molecule has 4 N–H and O–H groups in total. The van der Waals surface area contributed by atoms with Gasteiger partial charge in [-0.25, -0.2) is 0 Å². The Morgan fingerprint density at radius 1 is 1.04 bits per heavy atom. The van der Waals surface area contributed by atoms with Crippen molar-refractivity contribution in [3.63, 3.8) is 0 Å². The predicted molar refractivity (Wildman–Crippen MR) is 93.9 cm³/mol. The van der Waals surface area contributed by atoms with Crippen molar-refractivity contribution >= 4 is 11.8 Å². The van der Waals surface area contributed by atoms with E-state index in [4.69, 9.17) is 19.9 Å². The van der Waals surface area contributed by atoms with Crippen LogP contribution in [-0.2, 0) is 9.59 Å². The molecule has 0 aliphatic heterocycles. The van der Waals surface area contributed by atoms with E-state index >= 15 is 0 Å². The average Bonchev–Trinajstić information content (AvgIpc) is 2.61. The molecule has 25 heavy (non-hydrogen) atoms. The van der Waals surface area contributed by atoms with Gasteiger partial charge in [-0.2, -0.15) is 0 Å². The molecule has 1 atom stereocenters. The molecule has 0 saturated heterocycles. The standard InChI is InChI=1S/C17H27N3O5/c1-11(2)16(18)17(22)20-10-15(21)19-5-6-25-14-8-12(23-3)7-13(9-14)24-4/h7-9,11,16H,5-6,10,18H2,1-4H3,(H,19,21)(H,20,22)/t16-/m0/s1. The Balaban J connectivity index is 2.31. The molecule has 0 radical (unpaired) electrons. The van der Waals surface area contributed by atoms with E-state index < -0.39 is 6.04 Å². The Labute approximate surface area is 148 Å². The summed E-state index contributed by atoms with van der Waals surface area (Å²) < 4.78 is 15.9. The van der Waals surface area contributed by atoms with Gasteiger partial charge in [-0.3, -0.25) is 9.59 Å². The molecule has 0 aliphatic rings. The Kier molecular flexibility index (Phi) is 8.55. The number of methoxy groups -OCH3 is 2. The zero-order valence-electron chi connectivity index (χ0n) is 15.1. The summed E-state index contributed by atoms with van der Waals surface area (Å²) in [6.45, 7) is 4.13. The highest BCUT2D eigenvalue weighted by atomic mass is 16.5. The molecule has 2 amide bonds. The van der Waals surface area contributed by atoms with E-state index in [0.717, 1.165) is 0 Å². The topological polar surface area (TPSA) is 112 Å². The lowest BCUT2D eigenvalue weighted by Gasteiger charge is -2.15. The molecule has 0 saturated carbocycles. The van der Waals surface area contributed by atoms with Gasteiger partial charge in [-0.05, 0) is 5.92 Å². The second kappa shape index (κ2) is 10.4. The summed E-state index contributed by atoms with van der Waals surface area (Å²) in [6.07, 6.45) is 0. The minimum Gasteiger partial charge on any atom is -0.496 e. The zero-order chi connectivity index (χ0) is 18.8. The highest BCUT2D eigenvalue weighted by molar-refractivity contribution is 5.87. The van der Waals surface area contributed by atoms with Gasteiger partial charge in [-0.1, -0.05) is 13.8 Å². The summed E-state index contributed by atoms with van der Waals surface area (Å²) in [5.41, 5.74) is 5.70. The van der Waals surface area contributed by atoms with Crippen LogP contribution >= 0.6 is 0 Å². The van der Waals surface area contributed by atoms with Gasteiger partial charge in [0, 0.05) is 18.2 Å². The van der Waals surface area contributed by atoms with Crippen LogP contribution in [0.1, 0.15) is 13.8 Å². The van der Waals surface area contributed by atoms with Crippen LogP contribution in [0.15, 0.2) is 18.2 Å². The molecule has 0 spiro atoms. The summed E-state index contributed by atoms with van der Waals surface area (Å²) >= 11 is 0. The molecule has 0 aliphatic carbocycles. The molecule has 1 aromatic rings. The lowest BCUT2D eigenvalue weighted by molar-refractivity contribution is -0.127. The molecule has 8 nitrogen and oxygen atoms in total. The molecule has 0 fully saturated rings. The first kappa shape index (κ1) is 20.6. The van der Waals surface area contributed by atoms with Gasteiger partial charge in [0.15, 0.2) is 0 Å². The number of carbonyl (C=O) groups excluding carboxylic acids is 2. The summed E-state index contributed by atoms with van der Waals surface area (Å²) in [6, 6.07) is 4.55. The summed E-state index contributed by atoms with van der Waals surface area (Å²) in [5, 5.41) is 5.15. The van der Waals surface area contributed by atoms with Crippen molar-refractivity contribution in [3.8, 4) is 17.2 Å². The fourth-order valence-electron chi connectivity index (χ4n) is 1.87. The van der Waals surface area contributed by atoms with Gasteiger partial charge in [0.05, 0.1) is 33.4 Å². The maximum absolute atomic E-state index is 11.7. The van der Waals surface area contributed by atoms with Crippen molar-refractivity contribution in [1.29, 1.82) is 0 Å². The van der Waals surface area contributed by atoms with Crippen LogP contribution in [-0.4, -0.2) is 51.8 Å². The van der Waals surface area contributed by atoms with E-state index in [1.165, 1.54) is 0 Å². The zero-order valence-corrected chi connectivity index (χ0v) is 15.1. The number of hydrogen-bond acceptors (Lipinski definition) is 6. The van der Waals surface area contributed by atoms with E-state index in [9.17, 15) is 9.59 Å². The van der Waals surface area contributed by atoms with Gasteiger partial charge >= 0.3 is 0 Å². The number of amides is 2. The Hall–Kier alpha value is -2.48. The van der Waals surface area contributed by atoms with E-state index in [-0.39, 0.29) is 30.9 Å². The summed E-state index contributed by atoms with van der Waals surface area (Å²) in [5.74, 6) is 1.16. The van der Waals surface area contributed by atoms with Crippen molar-refractivity contribution in [2.24, 2.45) is 11.7 Å². The van der Waals surface area contributed by atoms with Crippen LogP contribution in [0, 0.1) is 5.92 Å². The van der Waals surface area contributed by atoms with Crippen LogP contribution in [0.3, 0.4) is 0 Å². The smallest absolute Gasteiger partial charge is 0.239 e. The Morgan fingerprint density at radius 3 is 2.12 bits per heavy atom. The first-order valence-electron chi connectivity index (χ1n) is 8.03. The first-order valence-corrected chi connectivity index (χ1v) is 8.03. The van der Waals surface area contributed by atoms with Gasteiger partial charge in [0.25, 0.3) is 0 Å². The monoisotopic (exact) mass is 353 g/mol. The van der Waals surface area contributed by atoms with Gasteiger partial charge in [-0.15, -0.1) is 0 Å². The van der Waals surface area contributed by atoms with Crippen LogP contribution < -0.4 is 30.6 Å². The van der Waals surface area contributed by atoms with Crippen molar-refractivity contribution in [3.05, 3.63) is 18.2 Å². The third-order valence-electron chi connectivity index (χ3n) is 3.46. The van der Waals surface area contributed by atoms with Gasteiger partial charge in [0.2, 0.25) is 11.8 Å². The van der Waals surface area contributed by atoms with Crippen LogP contribution in [0.5, 0.6) is 17.2 Å². The van der Waals surface area contributed by atoms with E-state index in [1.54, 1.807) is 32.4 Å². The van der Waals surface area contributed by atoms with Gasteiger partial charge in [0.1, 0.15) is 23.9 Å². The van der Waals surface area contributed by atoms with Crippen molar-refractivity contribution < 1.29 is 23.8 Å². The second-order valence-corrected chi connectivity index (χ2v) is 5.73. The molecule has 1 rings (SSSR count). The van der Waals surface area contributed by atoms with E-state index in [2.05, 4.69) is 10.6 Å². The van der Waals surface area contributed by atoms with Crippen LogP contribution in [0.2, 0.25) is 0 Å². The molecule has 0 heterocycles. The quantitative estimate of drug-likeness (QED) is 0.522. The van der Waals surface area contributed by atoms with Crippen molar-refractivity contribution in [2.75, 3.05) is 33.9 Å². The SMILES string of the molecule is COc1cc(OC)cc(OCCNC(=O)CNC(=O)[C@@H](N)C(C)C)c1. The number of nitrogens with two attached hydrogens (primary N) is 1. The largest absolute Gasteiger partial charge is 0.496 e. The van der Waals surface area contributed by atoms with Gasteiger partial charge < -0.3 is 30.6 Å². The summed E-state index contributed by atoms with van der Waals surface area (Å²) in [7, 11) is 3.11. The average molecular weight is 353 g/mol. The normalized spacial score (nSPS) is 11.6. The highest BCUT2D eigenvalue weighted by Gasteiger charge is 2.17. The molecule has 0 bridgehead atoms. The number of benzene rings is 1. The highest BCUT2D eigenvalue weighted by Crippen LogP contribution is 2.27.